The Morgan fingerprint density at radius 3 is 2.43 bits per heavy atom. The van der Waals surface area contributed by atoms with E-state index in [0.29, 0.717) is 17.1 Å². The third-order valence-electron chi connectivity index (χ3n) is 6.77. The van der Waals surface area contributed by atoms with E-state index >= 15 is 0 Å². The summed E-state index contributed by atoms with van der Waals surface area (Å²) in [6, 6.07) is 21.1. The predicted octanol–water partition coefficient (Wildman–Crippen LogP) is 6.86. The van der Waals surface area contributed by atoms with Gasteiger partial charge in [-0.3, -0.25) is 0 Å². The van der Waals surface area contributed by atoms with Gasteiger partial charge >= 0.3 is 6.18 Å². The second kappa shape index (κ2) is 10.7. The van der Waals surface area contributed by atoms with Crippen LogP contribution in [0.3, 0.4) is 0 Å². The number of rotatable bonds is 6. The summed E-state index contributed by atoms with van der Waals surface area (Å²) in [4.78, 5) is 4.49. The molecule has 0 saturated carbocycles. The number of nitrogens with zero attached hydrogens (tertiary/aromatic N) is 3. The zero-order valence-corrected chi connectivity index (χ0v) is 20.5. The van der Waals surface area contributed by atoms with Crippen LogP contribution in [0.5, 0.6) is 0 Å². The maximum absolute atomic E-state index is 13.5. The van der Waals surface area contributed by atoms with Crippen molar-refractivity contribution in [2.24, 2.45) is 0 Å². The molecule has 0 radical (unpaired) electrons. The second-order valence-corrected chi connectivity index (χ2v) is 9.34. The molecule has 0 aliphatic carbocycles. The maximum Gasteiger partial charge on any atom is 0.416 e. The smallest absolute Gasteiger partial charge is 0.364 e. The zero-order valence-electron chi connectivity index (χ0n) is 20.5. The molecule has 8 heteroatoms. The quantitative estimate of drug-likeness (QED) is 0.301. The molecule has 5 nitrogen and oxygen atoms in total. The van der Waals surface area contributed by atoms with E-state index in [1.165, 1.54) is 6.07 Å². The first-order valence-electron chi connectivity index (χ1n) is 12.4. The Kier molecular flexibility index (Phi) is 7.19. The molecule has 5 rings (SSSR count). The lowest BCUT2D eigenvalue weighted by Crippen LogP contribution is -2.27. The minimum atomic E-state index is -4.44. The zero-order chi connectivity index (χ0) is 25.8. The number of piperidine rings is 1. The lowest BCUT2D eigenvalue weighted by Gasteiger charge is -2.23. The highest BCUT2D eigenvalue weighted by molar-refractivity contribution is 5.81. The van der Waals surface area contributed by atoms with Gasteiger partial charge in [-0.15, -0.1) is 5.10 Å². The normalized spacial score (nSPS) is 15.4. The first-order valence-corrected chi connectivity index (χ1v) is 12.4. The molecule has 0 bridgehead atoms. The topological polar surface area (TPSA) is 62.7 Å². The number of aromatic nitrogens is 3. The molecule has 2 aromatic carbocycles. The molecule has 2 N–H and O–H groups in total. The summed E-state index contributed by atoms with van der Waals surface area (Å²) < 4.78 is 40.4. The third kappa shape index (κ3) is 5.80. The lowest BCUT2D eigenvalue weighted by molar-refractivity contribution is -0.137. The van der Waals surface area contributed by atoms with Gasteiger partial charge in [0, 0.05) is 29.3 Å². The molecule has 1 saturated heterocycles. The highest BCUT2D eigenvalue weighted by Gasteiger charge is 2.31. The van der Waals surface area contributed by atoms with Crippen molar-refractivity contribution >= 4 is 5.82 Å². The van der Waals surface area contributed by atoms with Crippen molar-refractivity contribution in [2.45, 2.75) is 37.9 Å². The fourth-order valence-electron chi connectivity index (χ4n) is 4.72. The van der Waals surface area contributed by atoms with Gasteiger partial charge in [0.05, 0.1) is 11.3 Å². The Hall–Kier alpha value is -3.78. The molecule has 1 fully saturated rings. The van der Waals surface area contributed by atoms with Gasteiger partial charge in [0.1, 0.15) is 11.5 Å². The van der Waals surface area contributed by atoms with Crippen LogP contribution in [-0.2, 0) is 6.18 Å². The molecule has 190 valence electrons. The van der Waals surface area contributed by atoms with Crippen molar-refractivity contribution < 1.29 is 13.2 Å². The van der Waals surface area contributed by atoms with E-state index in [1.54, 1.807) is 12.3 Å². The number of halogens is 3. The maximum atomic E-state index is 13.5. The van der Waals surface area contributed by atoms with E-state index in [0.717, 1.165) is 60.4 Å². The number of hydrogen-bond acceptors (Lipinski definition) is 5. The summed E-state index contributed by atoms with van der Waals surface area (Å²) in [6.45, 7) is 3.86. The average molecular weight is 504 g/mol. The van der Waals surface area contributed by atoms with Crippen LogP contribution in [-0.4, -0.2) is 28.3 Å². The molecular weight excluding hydrogens is 475 g/mol. The van der Waals surface area contributed by atoms with Crippen LogP contribution in [0.4, 0.5) is 19.0 Å². The van der Waals surface area contributed by atoms with Gasteiger partial charge < -0.3 is 10.6 Å². The molecule has 1 aliphatic heterocycles. The average Bonchev–Trinajstić information content (AvgIpc) is 2.93. The van der Waals surface area contributed by atoms with E-state index in [-0.39, 0.29) is 12.0 Å². The van der Waals surface area contributed by atoms with Crippen molar-refractivity contribution in [3.63, 3.8) is 0 Å². The lowest BCUT2D eigenvalue weighted by atomic mass is 9.91. The minimum absolute atomic E-state index is 0.0211. The standard InChI is InChI=1S/C29H28F3N5/c1-19(20-6-3-2-4-7-20)35-27-17-22(12-15-34-27)25-18-26(21-10-13-33-14-11-21)36-37-28(25)23-8-5-9-24(16-23)29(30,31)32/h2-9,12,15-19,21,33H,10-11,13-14H2,1H3,(H,34,35)/t19-/m0/s1. The summed E-state index contributed by atoms with van der Waals surface area (Å²) in [5.41, 5.74) is 3.61. The Morgan fingerprint density at radius 1 is 0.892 bits per heavy atom. The summed E-state index contributed by atoms with van der Waals surface area (Å²) in [7, 11) is 0. The number of pyridine rings is 1. The van der Waals surface area contributed by atoms with Crippen LogP contribution in [0.15, 0.2) is 79.0 Å². The van der Waals surface area contributed by atoms with Gasteiger partial charge in [0.25, 0.3) is 0 Å². The van der Waals surface area contributed by atoms with Gasteiger partial charge in [-0.1, -0.05) is 42.5 Å². The fraction of sp³-hybridized carbons (Fsp3) is 0.276. The first kappa shape index (κ1) is 24.9. The molecule has 0 amide bonds. The van der Waals surface area contributed by atoms with Gasteiger partial charge in [0.2, 0.25) is 0 Å². The molecule has 3 heterocycles. The van der Waals surface area contributed by atoms with Gasteiger partial charge in [-0.05, 0) is 74.3 Å². The largest absolute Gasteiger partial charge is 0.416 e. The van der Waals surface area contributed by atoms with Crippen molar-refractivity contribution in [1.82, 2.24) is 20.5 Å². The number of hydrogen-bond donors (Lipinski definition) is 2. The summed E-state index contributed by atoms with van der Waals surface area (Å²) in [5, 5.41) is 15.7. The van der Waals surface area contributed by atoms with Crippen molar-refractivity contribution in [3.05, 3.63) is 95.8 Å². The van der Waals surface area contributed by atoms with E-state index in [1.807, 2.05) is 48.5 Å². The number of nitrogens with one attached hydrogen (secondary N) is 2. The van der Waals surface area contributed by atoms with Crippen LogP contribution in [0.25, 0.3) is 22.4 Å². The van der Waals surface area contributed by atoms with E-state index in [4.69, 9.17) is 0 Å². The first-order chi connectivity index (χ1) is 17.9. The number of anilines is 1. The van der Waals surface area contributed by atoms with E-state index < -0.39 is 11.7 Å². The van der Waals surface area contributed by atoms with Gasteiger partial charge in [-0.2, -0.15) is 18.3 Å². The summed E-state index contributed by atoms with van der Waals surface area (Å²) >= 11 is 0. The van der Waals surface area contributed by atoms with Gasteiger partial charge in [-0.25, -0.2) is 4.98 Å². The molecule has 37 heavy (non-hydrogen) atoms. The number of alkyl halides is 3. The van der Waals surface area contributed by atoms with E-state index in [2.05, 4.69) is 32.7 Å². The Balaban J connectivity index is 1.56. The van der Waals surface area contributed by atoms with Crippen molar-refractivity contribution in [3.8, 4) is 22.4 Å². The molecular formula is C29H28F3N5. The highest BCUT2D eigenvalue weighted by Crippen LogP contribution is 2.37. The highest BCUT2D eigenvalue weighted by atomic mass is 19.4. The van der Waals surface area contributed by atoms with Crippen molar-refractivity contribution in [1.29, 1.82) is 0 Å². The van der Waals surface area contributed by atoms with Crippen LogP contribution >= 0.6 is 0 Å². The van der Waals surface area contributed by atoms with Crippen LogP contribution in [0.1, 0.15) is 48.5 Å². The summed E-state index contributed by atoms with van der Waals surface area (Å²) in [6.07, 6.45) is -0.862. The van der Waals surface area contributed by atoms with E-state index in [9.17, 15) is 13.2 Å². The second-order valence-electron chi connectivity index (χ2n) is 9.34. The molecule has 0 unspecified atom stereocenters. The van der Waals surface area contributed by atoms with Crippen LogP contribution in [0, 0.1) is 0 Å². The Morgan fingerprint density at radius 2 is 1.68 bits per heavy atom. The molecule has 0 spiro atoms. The third-order valence-corrected chi connectivity index (χ3v) is 6.77. The number of benzene rings is 2. The Bertz CT molecular complexity index is 1350. The minimum Gasteiger partial charge on any atom is -0.364 e. The molecule has 1 aliphatic rings. The fourth-order valence-corrected chi connectivity index (χ4v) is 4.72. The summed E-state index contributed by atoms with van der Waals surface area (Å²) in [5.74, 6) is 0.921. The monoisotopic (exact) mass is 503 g/mol. The van der Waals surface area contributed by atoms with Crippen LogP contribution < -0.4 is 10.6 Å². The van der Waals surface area contributed by atoms with Gasteiger partial charge in [0.15, 0.2) is 0 Å². The molecule has 2 aromatic heterocycles. The van der Waals surface area contributed by atoms with Crippen LogP contribution in [0.2, 0.25) is 0 Å². The Labute approximate surface area is 214 Å². The predicted molar refractivity (Wildman–Crippen MR) is 139 cm³/mol. The molecule has 4 aromatic rings. The SMILES string of the molecule is C[C@H](Nc1cc(-c2cc(C3CCNCC3)nnc2-c2cccc(C(F)(F)F)c2)ccn1)c1ccccc1. The van der Waals surface area contributed by atoms with Crippen molar-refractivity contribution in [2.75, 3.05) is 18.4 Å². The molecule has 1 atom stereocenters.